The summed E-state index contributed by atoms with van der Waals surface area (Å²) in [5.74, 6) is 0.414. The molecule has 0 aliphatic carbocycles. The summed E-state index contributed by atoms with van der Waals surface area (Å²) in [4.78, 5) is 5.49. The molecule has 0 saturated carbocycles. The molecule has 1 N–H and O–H groups in total. The summed E-state index contributed by atoms with van der Waals surface area (Å²) < 4.78 is 30.0. The van der Waals surface area contributed by atoms with Gasteiger partial charge in [0.05, 0.1) is 19.4 Å². The van der Waals surface area contributed by atoms with Crippen molar-refractivity contribution in [3.8, 4) is 17.1 Å². The SMILES string of the molecule is COc1cc(-c2nnn(Cc3ccncc3)n2)ccc1S(=O)(=O)CCCO. The largest absolute Gasteiger partial charge is 0.495 e. The molecule has 9 nitrogen and oxygen atoms in total. The second-order valence-electron chi connectivity index (χ2n) is 5.76. The van der Waals surface area contributed by atoms with Gasteiger partial charge in [-0.2, -0.15) is 4.80 Å². The molecule has 0 amide bonds. The number of aliphatic hydroxyl groups is 1. The average molecular weight is 389 g/mol. The van der Waals surface area contributed by atoms with Crippen molar-refractivity contribution in [1.82, 2.24) is 25.2 Å². The quantitative estimate of drug-likeness (QED) is 0.604. The van der Waals surface area contributed by atoms with Gasteiger partial charge in [-0.25, -0.2) is 8.42 Å². The summed E-state index contributed by atoms with van der Waals surface area (Å²) in [5.41, 5.74) is 1.57. The highest BCUT2D eigenvalue weighted by Gasteiger charge is 2.20. The van der Waals surface area contributed by atoms with Crippen molar-refractivity contribution < 1.29 is 18.3 Å². The molecular weight excluding hydrogens is 370 g/mol. The number of tetrazole rings is 1. The van der Waals surface area contributed by atoms with E-state index >= 15 is 0 Å². The number of pyridine rings is 1. The fourth-order valence-corrected chi connectivity index (χ4v) is 3.96. The summed E-state index contributed by atoms with van der Waals surface area (Å²) in [6, 6.07) is 8.36. The van der Waals surface area contributed by atoms with Crippen molar-refractivity contribution in [2.75, 3.05) is 19.5 Å². The predicted octanol–water partition coefficient (Wildman–Crippen LogP) is 0.948. The number of hydrogen-bond acceptors (Lipinski definition) is 8. The van der Waals surface area contributed by atoms with Crippen LogP contribution in [-0.4, -0.2) is 58.2 Å². The first-order valence-electron chi connectivity index (χ1n) is 8.22. The van der Waals surface area contributed by atoms with Crippen LogP contribution in [0.3, 0.4) is 0 Å². The summed E-state index contributed by atoms with van der Waals surface area (Å²) >= 11 is 0. The Morgan fingerprint density at radius 1 is 1.19 bits per heavy atom. The third-order valence-electron chi connectivity index (χ3n) is 3.85. The van der Waals surface area contributed by atoms with Gasteiger partial charge < -0.3 is 9.84 Å². The van der Waals surface area contributed by atoms with Gasteiger partial charge in [-0.15, -0.1) is 10.2 Å². The Labute approximate surface area is 156 Å². The minimum absolute atomic E-state index is 0.0753. The lowest BCUT2D eigenvalue weighted by Gasteiger charge is -2.10. The molecule has 0 spiro atoms. The van der Waals surface area contributed by atoms with E-state index in [1.54, 1.807) is 24.5 Å². The molecule has 0 radical (unpaired) electrons. The first-order chi connectivity index (χ1) is 13.0. The van der Waals surface area contributed by atoms with Crippen LogP contribution in [0.2, 0.25) is 0 Å². The van der Waals surface area contributed by atoms with Crippen LogP contribution in [0.1, 0.15) is 12.0 Å². The van der Waals surface area contributed by atoms with E-state index in [1.807, 2.05) is 12.1 Å². The third kappa shape index (κ3) is 4.47. The molecule has 1 aromatic carbocycles. The fraction of sp³-hybridized carbons (Fsp3) is 0.294. The molecule has 0 fully saturated rings. The minimum atomic E-state index is -3.55. The van der Waals surface area contributed by atoms with E-state index in [-0.39, 0.29) is 29.4 Å². The fourth-order valence-electron chi connectivity index (χ4n) is 2.51. The third-order valence-corrected chi connectivity index (χ3v) is 5.69. The van der Waals surface area contributed by atoms with Crippen molar-refractivity contribution >= 4 is 9.84 Å². The molecule has 0 atom stereocenters. The first kappa shape index (κ1) is 18.9. The molecule has 0 saturated heterocycles. The van der Waals surface area contributed by atoms with Crippen LogP contribution in [0.5, 0.6) is 5.75 Å². The second kappa shape index (κ2) is 8.23. The van der Waals surface area contributed by atoms with Gasteiger partial charge >= 0.3 is 0 Å². The maximum absolute atomic E-state index is 12.4. The first-order valence-corrected chi connectivity index (χ1v) is 9.87. The van der Waals surface area contributed by atoms with Crippen LogP contribution in [-0.2, 0) is 16.4 Å². The van der Waals surface area contributed by atoms with Gasteiger partial charge in [0.25, 0.3) is 0 Å². The Morgan fingerprint density at radius 3 is 2.67 bits per heavy atom. The van der Waals surface area contributed by atoms with Crippen LogP contribution in [0.4, 0.5) is 0 Å². The molecule has 2 aromatic heterocycles. The van der Waals surface area contributed by atoms with Gasteiger partial charge in [0, 0.05) is 24.6 Å². The Morgan fingerprint density at radius 2 is 1.96 bits per heavy atom. The van der Waals surface area contributed by atoms with Crippen molar-refractivity contribution in [2.24, 2.45) is 0 Å². The van der Waals surface area contributed by atoms with Gasteiger partial charge in [-0.1, -0.05) is 0 Å². The van der Waals surface area contributed by atoms with Gasteiger partial charge in [0.1, 0.15) is 10.6 Å². The highest BCUT2D eigenvalue weighted by atomic mass is 32.2. The van der Waals surface area contributed by atoms with Crippen LogP contribution < -0.4 is 4.74 Å². The summed E-state index contributed by atoms with van der Waals surface area (Å²) in [5, 5.41) is 21.3. The van der Waals surface area contributed by atoms with Crippen molar-refractivity contribution in [2.45, 2.75) is 17.9 Å². The number of nitrogens with zero attached hydrogens (tertiary/aromatic N) is 5. The van der Waals surface area contributed by atoms with E-state index in [9.17, 15) is 8.42 Å². The van der Waals surface area contributed by atoms with E-state index in [4.69, 9.17) is 9.84 Å². The van der Waals surface area contributed by atoms with Crippen LogP contribution in [0.25, 0.3) is 11.4 Å². The highest BCUT2D eigenvalue weighted by molar-refractivity contribution is 7.91. The number of sulfone groups is 1. The minimum Gasteiger partial charge on any atom is -0.495 e. The second-order valence-corrected chi connectivity index (χ2v) is 7.84. The number of benzene rings is 1. The Bertz CT molecular complexity index is 1010. The van der Waals surface area contributed by atoms with Crippen molar-refractivity contribution in [3.05, 3.63) is 48.3 Å². The number of methoxy groups -OCH3 is 1. The summed E-state index contributed by atoms with van der Waals surface area (Å²) in [6.07, 6.45) is 3.54. The molecule has 0 aliphatic heterocycles. The van der Waals surface area contributed by atoms with Gasteiger partial charge in [-0.3, -0.25) is 4.98 Å². The maximum atomic E-state index is 12.4. The highest BCUT2D eigenvalue weighted by Crippen LogP contribution is 2.29. The van der Waals surface area contributed by atoms with E-state index in [0.29, 0.717) is 17.9 Å². The average Bonchev–Trinajstić information content (AvgIpc) is 3.15. The van der Waals surface area contributed by atoms with Gasteiger partial charge in [-0.05, 0) is 47.5 Å². The van der Waals surface area contributed by atoms with Crippen LogP contribution >= 0.6 is 0 Å². The molecule has 27 heavy (non-hydrogen) atoms. The molecular formula is C17H19N5O4S. The molecule has 142 valence electrons. The van der Waals surface area contributed by atoms with E-state index < -0.39 is 9.84 Å². The monoisotopic (exact) mass is 389 g/mol. The lowest BCUT2D eigenvalue weighted by Crippen LogP contribution is -2.10. The number of aliphatic hydroxyl groups excluding tert-OH is 1. The summed E-state index contributed by atoms with van der Waals surface area (Å²) in [6.45, 7) is 0.254. The molecule has 3 aromatic rings. The topological polar surface area (TPSA) is 120 Å². The molecule has 10 heteroatoms. The molecule has 0 unspecified atom stereocenters. The van der Waals surface area contributed by atoms with E-state index in [2.05, 4.69) is 20.4 Å². The lowest BCUT2D eigenvalue weighted by atomic mass is 10.2. The smallest absolute Gasteiger partial charge is 0.205 e. The van der Waals surface area contributed by atoms with Gasteiger partial charge in [0.2, 0.25) is 5.82 Å². The van der Waals surface area contributed by atoms with E-state index in [0.717, 1.165) is 5.56 Å². The summed E-state index contributed by atoms with van der Waals surface area (Å²) in [7, 11) is -2.15. The zero-order valence-electron chi connectivity index (χ0n) is 14.7. The van der Waals surface area contributed by atoms with Crippen LogP contribution in [0.15, 0.2) is 47.6 Å². The Hall–Kier alpha value is -2.85. The molecule has 0 aliphatic rings. The lowest BCUT2D eigenvalue weighted by molar-refractivity contribution is 0.295. The normalized spacial score (nSPS) is 11.5. The number of hydrogen-bond donors (Lipinski definition) is 1. The van der Waals surface area contributed by atoms with Crippen molar-refractivity contribution in [3.63, 3.8) is 0 Å². The molecule has 0 bridgehead atoms. The zero-order valence-corrected chi connectivity index (χ0v) is 15.5. The predicted molar refractivity (Wildman–Crippen MR) is 96.9 cm³/mol. The Kier molecular flexibility index (Phi) is 5.77. The molecule has 3 rings (SSSR count). The standard InChI is InChI=1S/C17H19N5O4S/c1-26-15-11-14(3-4-16(15)27(24,25)10-2-9-23)17-19-21-22(20-17)12-13-5-7-18-8-6-13/h3-8,11,23H,2,9-10,12H2,1H3. The molecule has 2 heterocycles. The number of ether oxygens (including phenoxy) is 1. The maximum Gasteiger partial charge on any atom is 0.205 e. The van der Waals surface area contributed by atoms with Crippen molar-refractivity contribution in [1.29, 1.82) is 0 Å². The number of rotatable bonds is 8. The zero-order chi connectivity index (χ0) is 19.3. The van der Waals surface area contributed by atoms with Crippen LogP contribution in [0, 0.1) is 0 Å². The van der Waals surface area contributed by atoms with Gasteiger partial charge in [0.15, 0.2) is 9.84 Å². The number of aromatic nitrogens is 5. The van der Waals surface area contributed by atoms with E-state index in [1.165, 1.54) is 18.0 Å². The Balaban J connectivity index is 1.86.